The van der Waals surface area contributed by atoms with Crippen molar-refractivity contribution in [1.29, 1.82) is 0 Å². The van der Waals surface area contributed by atoms with Crippen LogP contribution < -0.4 is 37.6 Å². The molecular formula is C43H69N7O11. The van der Waals surface area contributed by atoms with Crippen LogP contribution in [0.5, 0.6) is 5.75 Å². The van der Waals surface area contributed by atoms with Crippen molar-refractivity contribution in [3.8, 4) is 5.75 Å². The number of ether oxygens (including phenoxy) is 1. The second-order valence-electron chi connectivity index (χ2n) is 16.3. The molecule has 0 bridgehead atoms. The summed E-state index contributed by atoms with van der Waals surface area (Å²) in [4.78, 5) is 106. The third-order valence-electron chi connectivity index (χ3n) is 10.5. The normalized spacial score (nSPS) is 25.1. The number of benzene rings is 1. The predicted octanol–water partition coefficient (Wildman–Crippen LogP) is 1.42. The first-order chi connectivity index (χ1) is 28.8. The van der Waals surface area contributed by atoms with E-state index in [1.807, 2.05) is 0 Å². The van der Waals surface area contributed by atoms with Crippen molar-refractivity contribution >= 4 is 47.3 Å². The first kappa shape index (κ1) is 51.9. The molecule has 10 N–H and O–H groups in total. The number of nitrogens with two attached hydrogens (primary N) is 1. The molecule has 1 aliphatic heterocycles. The van der Waals surface area contributed by atoms with Gasteiger partial charge in [-0.1, -0.05) is 71.4 Å². The summed E-state index contributed by atoms with van der Waals surface area (Å²) in [5.41, 5.74) is 5.91. The Bertz CT molecular complexity index is 1620. The number of aliphatic hydroxyl groups is 1. The molecule has 7 amide bonds. The van der Waals surface area contributed by atoms with Gasteiger partial charge in [0.15, 0.2) is 0 Å². The first-order valence-corrected chi connectivity index (χ1v) is 21.6. The van der Waals surface area contributed by atoms with Crippen molar-refractivity contribution in [1.82, 2.24) is 31.9 Å². The van der Waals surface area contributed by atoms with Gasteiger partial charge in [-0.2, -0.15) is 0 Å². The number of rotatable bonds is 15. The quantitative estimate of drug-likeness (QED) is 0.0898. The maximum absolute atomic E-state index is 14.1. The van der Waals surface area contributed by atoms with Crippen molar-refractivity contribution in [3.63, 3.8) is 0 Å². The monoisotopic (exact) mass is 860 g/mol. The molecule has 18 nitrogen and oxygen atoms in total. The van der Waals surface area contributed by atoms with Gasteiger partial charge >= 0.3 is 5.97 Å². The largest absolute Gasteiger partial charge is 0.508 e. The molecule has 0 spiro atoms. The van der Waals surface area contributed by atoms with E-state index in [2.05, 4.69) is 38.8 Å². The lowest BCUT2D eigenvalue weighted by Crippen LogP contribution is -2.60. The minimum absolute atomic E-state index is 0.0311. The van der Waals surface area contributed by atoms with Crippen molar-refractivity contribution in [2.75, 3.05) is 0 Å². The fraction of sp³-hybridized carbons (Fsp3) is 0.674. The highest BCUT2D eigenvalue weighted by Crippen LogP contribution is 2.19. The topological polar surface area (TPSA) is 284 Å². The van der Waals surface area contributed by atoms with E-state index in [-0.39, 0.29) is 44.3 Å². The van der Waals surface area contributed by atoms with Crippen LogP contribution in [0.1, 0.15) is 131 Å². The molecule has 1 aliphatic rings. The van der Waals surface area contributed by atoms with Crippen LogP contribution in [-0.2, 0) is 49.5 Å². The van der Waals surface area contributed by atoms with E-state index in [0.717, 1.165) is 44.9 Å². The highest BCUT2D eigenvalue weighted by molar-refractivity contribution is 5.97. The lowest BCUT2D eigenvalue weighted by Gasteiger charge is -2.28. The van der Waals surface area contributed by atoms with Crippen LogP contribution in [0.15, 0.2) is 24.3 Å². The van der Waals surface area contributed by atoms with Gasteiger partial charge in [0.1, 0.15) is 48.1 Å². The molecule has 18 heteroatoms. The fourth-order valence-electron chi connectivity index (χ4n) is 6.70. The van der Waals surface area contributed by atoms with Crippen molar-refractivity contribution in [2.24, 2.45) is 11.7 Å². The van der Waals surface area contributed by atoms with E-state index in [9.17, 15) is 48.6 Å². The summed E-state index contributed by atoms with van der Waals surface area (Å²) >= 11 is 0. The van der Waals surface area contributed by atoms with Gasteiger partial charge in [0.2, 0.25) is 41.4 Å². The summed E-state index contributed by atoms with van der Waals surface area (Å²) < 4.78 is 6.04. The summed E-state index contributed by atoms with van der Waals surface area (Å²) in [6.45, 7) is 9.54. The Morgan fingerprint density at radius 2 is 1.28 bits per heavy atom. The number of nitrogens with one attached hydrogen (secondary N) is 6. The molecule has 0 saturated carbocycles. The zero-order valence-corrected chi connectivity index (χ0v) is 36.6. The number of esters is 1. The third-order valence-corrected chi connectivity index (χ3v) is 10.5. The molecule has 3 unspecified atom stereocenters. The Hall–Kier alpha value is -5.26. The second kappa shape index (κ2) is 26.8. The molecule has 0 aliphatic carbocycles. The van der Waals surface area contributed by atoms with Crippen molar-refractivity contribution in [3.05, 3.63) is 29.8 Å². The summed E-state index contributed by atoms with van der Waals surface area (Å²) in [7, 11) is 0. The number of phenols is 1. The van der Waals surface area contributed by atoms with Crippen LogP contribution in [0.2, 0.25) is 0 Å². The highest BCUT2D eigenvalue weighted by atomic mass is 16.5. The van der Waals surface area contributed by atoms with E-state index in [1.54, 1.807) is 26.0 Å². The molecule has 1 saturated heterocycles. The number of aliphatic hydroxyl groups excluding tert-OH is 1. The SMILES string of the molecule is CCCCCCCCCC1CCCC(=O)NC([C@@H](C)O)C(=O)N[C@@H](C)C(=O)N[C@@H](C)C(=O)N[C@@H](CCC(N)=O)C(=O)N[C@@H](Cc2ccc(O)cc2)C(=O)NC(C(C)C)C(=O)O1. The van der Waals surface area contributed by atoms with Gasteiger partial charge in [-0.05, 0) is 76.5 Å². The number of cyclic esters (lactones) is 1. The number of hydrogen-bond acceptors (Lipinski definition) is 11. The van der Waals surface area contributed by atoms with Gasteiger partial charge in [0.25, 0.3) is 0 Å². The number of phenolic OH excluding ortho intramolecular Hbond substituents is 1. The van der Waals surface area contributed by atoms with Gasteiger partial charge in [0.05, 0.1) is 6.10 Å². The molecule has 1 fully saturated rings. The van der Waals surface area contributed by atoms with Gasteiger partial charge in [-0.25, -0.2) is 4.79 Å². The average molecular weight is 860 g/mol. The number of carbonyl (C=O) groups excluding carboxylic acids is 8. The minimum Gasteiger partial charge on any atom is -0.508 e. The van der Waals surface area contributed by atoms with Gasteiger partial charge in [-0.15, -0.1) is 0 Å². The smallest absolute Gasteiger partial charge is 0.329 e. The molecule has 61 heavy (non-hydrogen) atoms. The Morgan fingerprint density at radius 3 is 1.87 bits per heavy atom. The Labute approximate surface area is 359 Å². The molecule has 1 aromatic rings. The summed E-state index contributed by atoms with van der Waals surface area (Å²) in [6, 6.07) is -1.96. The van der Waals surface area contributed by atoms with Gasteiger partial charge in [-0.3, -0.25) is 33.6 Å². The zero-order valence-electron chi connectivity index (χ0n) is 36.6. The number of unbranched alkanes of at least 4 members (excludes halogenated alkanes) is 6. The predicted molar refractivity (Wildman–Crippen MR) is 226 cm³/mol. The summed E-state index contributed by atoms with van der Waals surface area (Å²) in [6.07, 6.45) is 5.42. The maximum Gasteiger partial charge on any atom is 0.329 e. The Kier molecular flexibility index (Phi) is 22.8. The fourth-order valence-corrected chi connectivity index (χ4v) is 6.70. The van der Waals surface area contributed by atoms with Crippen molar-refractivity contribution in [2.45, 2.75) is 180 Å². The molecule has 0 radical (unpaired) electrons. The van der Waals surface area contributed by atoms with E-state index in [4.69, 9.17) is 10.5 Å². The Morgan fingerprint density at radius 1 is 0.721 bits per heavy atom. The standard InChI is InChI=1S/C43H69N7O11/c1-7-8-9-10-11-12-13-15-31-16-14-17-35(54)49-37(28(6)51)42(59)46-26(4)38(55)45-27(5)39(56)47-32(22-23-34(44)53)40(57)48-33(24-29-18-20-30(52)21-19-29)41(58)50-36(25(2)3)43(60)61-31/h18-21,25-28,31-33,36-37,51-52H,7-17,22-24H2,1-6H3,(H2,44,53)(H,45,55)(H,46,59)(H,47,56)(H,48,57)(H,49,54)(H,50,58)/t26-,27-,28+,31?,32-,33-,36?,37?/m0/s1. The number of aromatic hydroxyl groups is 1. The molecule has 1 heterocycles. The highest BCUT2D eigenvalue weighted by Gasteiger charge is 2.34. The molecule has 8 atom stereocenters. The van der Waals surface area contributed by atoms with Gasteiger partial charge in [0, 0.05) is 19.3 Å². The Balaban J connectivity index is 2.53. The lowest BCUT2D eigenvalue weighted by atomic mass is 10.00. The van der Waals surface area contributed by atoms with E-state index >= 15 is 0 Å². The molecule has 1 aromatic carbocycles. The number of hydrogen-bond donors (Lipinski definition) is 9. The van der Waals surface area contributed by atoms with Crippen LogP contribution in [0.3, 0.4) is 0 Å². The average Bonchev–Trinajstić information content (AvgIpc) is 3.19. The number of amides is 7. The molecular weight excluding hydrogens is 791 g/mol. The molecule has 2 rings (SSSR count). The maximum atomic E-state index is 14.1. The lowest BCUT2D eigenvalue weighted by molar-refractivity contribution is -0.155. The number of primary amides is 1. The van der Waals surface area contributed by atoms with Crippen LogP contribution in [0.25, 0.3) is 0 Å². The van der Waals surface area contributed by atoms with E-state index in [0.29, 0.717) is 12.0 Å². The minimum atomic E-state index is -1.43. The van der Waals surface area contributed by atoms with Crippen molar-refractivity contribution < 1.29 is 53.3 Å². The van der Waals surface area contributed by atoms with Crippen LogP contribution in [-0.4, -0.2) is 106 Å². The van der Waals surface area contributed by atoms with Crippen LogP contribution in [0.4, 0.5) is 0 Å². The zero-order chi connectivity index (χ0) is 45.6. The molecule has 342 valence electrons. The van der Waals surface area contributed by atoms with E-state index < -0.39 is 102 Å². The number of carbonyl (C=O) groups is 8. The second-order valence-corrected chi connectivity index (χ2v) is 16.3. The summed E-state index contributed by atoms with van der Waals surface area (Å²) in [5.74, 6) is -6.68. The first-order valence-electron chi connectivity index (χ1n) is 21.6. The summed E-state index contributed by atoms with van der Waals surface area (Å²) in [5, 5.41) is 35.5. The van der Waals surface area contributed by atoms with Gasteiger partial charge < -0.3 is 52.6 Å². The third kappa shape index (κ3) is 19.3. The van der Waals surface area contributed by atoms with Crippen LogP contribution in [0, 0.1) is 5.92 Å². The van der Waals surface area contributed by atoms with E-state index in [1.165, 1.54) is 32.9 Å². The van der Waals surface area contributed by atoms with Crippen LogP contribution >= 0.6 is 0 Å². The molecule has 0 aromatic heterocycles.